The van der Waals surface area contributed by atoms with E-state index in [4.69, 9.17) is 4.42 Å². The summed E-state index contributed by atoms with van der Waals surface area (Å²) in [5.41, 5.74) is 1.46. The predicted molar refractivity (Wildman–Crippen MR) is 99.7 cm³/mol. The van der Waals surface area contributed by atoms with Crippen LogP contribution in [-0.2, 0) is 17.8 Å². The average Bonchev–Trinajstić information content (AvgIpc) is 3.17. The van der Waals surface area contributed by atoms with Gasteiger partial charge in [-0.25, -0.2) is 9.18 Å². The lowest BCUT2D eigenvalue weighted by Crippen LogP contribution is -2.27. The smallest absolute Gasteiger partial charge is 0.319 e. The highest BCUT2D eigenvalue weighted by atomic mass is 19.1. The summed E-state index contributed by atoms with van der Waals surface area (Å²) in [4.78, 5) is 23.9. The van der Waals surface area contributed by atoms with Crippen LogP contribution in [0.2, 0.25) is 0 Å². The SMILES string of the molecule is O=C(Cc1ccccc1F)Nc1ccc(NC(=O)NCc2ccco2)cc1. The van der Waals surface area contributed by atoms with Crippen molar-refractivity contribution < 1.29 is 18.4 Å². The molecular formula is C20H18FN3O3. The summed E-state index contributed by atoms with van der Waals surface area (Å²) in [6.07, 6.45) is 1.48. The second-order valence-corrected chi connectivity index (χ2v) is 5.78. The van der Waals surface area contributed by atoms with Gasteiger partial charge in [0.25, 0.3) is 0 Å². The van der Waals surface area contributed by atoms with E-state index in [-0.39, 0.29) is 24.9 Å². The van der Waals surface area contributed by atoms with Gasteiger partial charge in [-0.05, 0) is 48.0 Å². The number of amides is 3. The molecule has 0 saturated carbocycles. The molecule has 3 rings (SSSR count). The van der Waals surface area contributed by atoms with E-state index in [2.05, 4.69) is 16.0 Å². The number of halogens is 1. The van der Waals surface area contributed by atoms with Crippen molar-refractivity contribution in [2.75, 3.05) is 10.6 Å². The molecule has 1 heterocycles. The average molecular weight is 367 g/mol. The number of hydrogen-bond donors (Lipinski definition) is 3. The zero-order valence-electron chi connectivity index (χ0n) is 14.4. The third kappa shape index (κ3) is 5.43. The molecule has 0 aliphatic carbocycles. The summed E-state index contributed by atoms with van der Waals surface area (Å²) < 4.78 is 18.7. The van der Waals surface area contributed by atoms with E-state index < -0.39 is 5.82 Å². The molecule has 0 atom stereocenters. The summed E-state index contributed by atoms with van der Waals surface area (Å²) in [6, 6.07) is 15.9. The van der Waals surface area contributed by atoms with Crippen LogP contribution in [0.5, 0.6) is 0 Å². The van der Waals surface area contributed by atoms with Gasteiger partial charge in [0, 0.05) is 11.4 Å². The molecule has 3 N–H and O–H groups in total. The molecule has 0 aliphatic heterocycles. The lowest BCUT2D eigenvalue weighted by molar-refractivity contribution is -0.115. The van der Waals surface area contributed by atoms with Gasteiger partial charge in [0.2, 0.25) is 5.91 Å². The topological polar surface area (TPSA) is 83.4 Å². The summed E-state index contributed by atoms with van der Waals surface area (Å²) in [6.45, 7) is 0.281. The van der Waals surface area contributed by atoms with Crippen molar-refractivity contribution in [3.05, 3.63) is 84.1 Å². The van der Waals surface area contributed by atoms with E-state index >= 15 is 0 Å². The van der Waals surface area contributed by atoms with Crippen molar-refractivity contribution in [3.8, 4) is 0 Å². The van der Waals surface area contributed by atoms with Crippen LogP contribution >= 0.6 is 0 Å². The van der Waals surface area contributed by atoms with Crippen LogP contribution in [0.1, 0.15) is 11.3 Å². The highest BCUT2D eigenvalue weighted by Crippen LogP contribution is 2.15. The third-order valence-corrected chi connectivity index (χ3v) is 3.74. The largest absolute Gasteiger partial charge is 0.467 e. The van der Waals surface area contributed by atoms with Crippen LogP contribution in [0, 0.1) is 5.82 Å². The molecule has 0 bridgehead atoms. The van der Waals surface area contributed by atoms with Crippen LogP contribution in [-0.4, -0.2) is 11.9 Å². The monoisotopic (exact) mass is 367 g/mol. The maximum Gasteiger partial charge on any atom is 0.319 e. The van der Waals surface area contributed by atoms with Gasteiger partial charge < -0.3 is 20.4 Å². The van der Waals surface area contributed by atoms with Crippen LogP contribution in [0.4, 0.5) is 20.6 Å². The van der Waals surface area contributed by atoms with Crippen molar-refractivity contribution in [1.82, 2.24) is 5.32 Å². The van der Waals surface area contributed by atoms with Crippen LogP contribution in [0.3, 0.4) is 0 Å². The van der Waals surface area contributed by atoms with Gasteiger partial charge in [0.15, 0.2) is 0 Å². The highest BCUT2D eigenvalue weighted by molar-refractivity contribution is 5.93. The third-order valence-electron chi connectivity index (χ3n) is 3.74. The fourth-order valence-corrected chi connectivity index (χ4v) is 2.41. The Balaban J connectivity index is 1.48. The number of benzene rings is 2. The fraction of sp³-hybridized carbons (Fsp3) is 0.100. The summed E-state index contributed by atoms with van der Waals surface area (Å²) in [5.74, 6) is -0.0807. The summed E-state index contributed by atoms with van der Waals surface area (Å²) >= 11 is 0. The first kappa shape index (κ1) is 18.2. The van der Waals surface area contributed by atoms with Gasteiger partial charge >= 0.3 is 6.03 Å². The van der Waals surface area contributed by atoms with Crippen molar-refractivity contribution in [1.29, 1.82) is 0 Å². The van der Waals surface area contributed by atoms with Crippen molar-refractivity contribution in [2.24, 2.45) is 0 Å². The molecule has 3 aromatic rings. The van der Waals surface area contributed by atoms with Crippen molar-refractivity contribution in [3.63, 3.8) is 0 Å². The minimum atomic E-state index is -0.409. The predicted octanol–water partition coefficient (Wildman–Crippen LogP) is 3.92. The van der Waals surface area contributed by atoms with E-state index in [0.717, 1.165) is 0 Å². The molecule has 3 amide bonds. The zero-order valence-corrected chi connectivity index (χ0v) is 14.4. The normalized spacial score (nSPS) is 10.3. The van der Waals surface area contributed by atoms with Gasteiger partial charge in [-0.3, -0.25) is 4.79 Å². The number of nitrogens with one attached hydrogen (secondary N) is 3. The number of carbonyl (C=O) groups is 2. The zero-order chi connectivity index (χ0) is 19.1. The molecule has 138 valence electrons. The van der Waals surface area contributed by atoms with Crippen molar-refractivity contribution in [2.45, 2.75) is 13.0 Å². The Bertz CT molecular complexity index is 908. The number of carbonyl (C=O) groups excluding carboxylic acids is 2. The number of rotatable bonds is 6. The highest BCUT2D eigenvalue weighted by Gasteiger charge is 2.08. The number of hydrogen-bond acceptors (Lipinski definition) is 3. The van der Waals surface area contributed by atoms with E-state index in [1.807, 2.05) is 0 Å². The Labute approximate surface area is 155 Å². The molecule has 27 heavy (non-hydrogen) atoms. The first-order chi connectivity index (χ1) is 13.1. The van der Waals surface area contributed by atoms with Gasteiger partial charge in [0.1, 0.15) is 11.6 Å². The maximum atomic E-state index is 13.6. The van der Waals surface area contributed by atoms with Gasteiger partial charge in [0.05, 0.1) is 19.2 Å². The molecule has 0 unspecified atom stereocenters. The molecule has 0 fully saturated rings. The minimum Gasteiger partial charge on any atom is -0.467 e. The van der Waals surface area contributed by atoms with E-state index in [9.17, 15) is 14.0 Å². The summed E-state index contributed by atoms with van der Waals surface area (Å²) in [7, 11) is 0. The van der Waals surface area contributed by atoms with Gasteiger partial charge in [-0.1, -0.05) is 18.2 Å². The Morgan fingerprint density at radius 3 is 2.26 bits per heavy atom. The first-order valence-corrected chi connectivity index (χ1v) is 8.31. The second-order valence-electron chi connectivity index (χ2n) is 5.78. The Kier molecular flexibility index (Phi) is 5.84. The molecule has 0 spiro atoms. The van der Waals surface area contributed by atoms with Crippen LogP contribution in [0.25, 0.3) is 0 Å². The Hall–Kier alpha value is -3.61. The molecule has 0 aliphatic rings. The Morgan fingerprint density at radius 1 is 0.889 bits per heavy atom. The quantitative estimate of drug-likeness (QED) is 0.617. The molecule has 0 saturated heterocycles. The number of anilines is 2. The van der Waals surface area contributed by atoms with E-state index in [1.54, 1.807) is 54.6 Å². The molecular weight excluding hydrogens is 349 g/mol. The standard InChI is InChI=1S/C20H18FN3O3/c21-18-6-2-1-4-14(18)12-19(25)23-15-7-9-16(10-8-15)24-20(26)22-13-17-5-3-11-27-17/h1-11H,12-13H2,(H,23,25)(H2,22,24,26). The fourth-order valence-electron chi connectivity index (χ4n) is 2.41. The first-order valence-electron chi connectivity index (χ1n) is 8.31. The summed E-state index contributed by atoms with van der Waals surface area (Å²) in [5, 5.41) is 8.04. The van der Waals surface area contributed by atoms with Crippen LogP contribution < -0.4 is 16.0 Å². The number of furan rings is 1. The van der Waals surface area contributed by atoms with E-state index in [1.165, 1.54) is 12.3 Å². The minimum absolute atomic E-state index is 0.0537. The Morgan fingerprint density at radius 2 is 1.59 bits per heavy atom. The molecule has 0 radical (unpaired) electrons. The van der Waals surface area contributed by atoms with Crippen LogP contribution in [0.15, 0.2) is 71.3 Å². The molecule has 1 aromatic heterocycles. The molecule has 6 nitrogen and oxygen atoms in total. The molecule has 2 aromatic carbocycles. The lowest BCUT2D eigenvalue weighted by atomic mass is 10.1. The second kappa shape index (κ2) is 8.66. The van der Waals surface area contributed by atoms with Crippen molar-refractivity contribution >= 4 is 23.3 Å². The maximum absolute atomic E-state index is 13.6. The molecule has 7 heteroatoms. The number of urea groups is 1. The van der Waals surface area contributed by atoms with Gasteiger partial charge in [-0.15, -0.1) is 0 Å². The van der Waals surface area contributed by atoms with Gasteiger partial charge in [-0.2, -0.15) is 0 Å². The van der Waals surface area contributed by atoms with E-state index in [0.29, 0.717) is 22.7 Å². The lowest BCUT2D eigenvalue weighted by Gasteiger charge is -2.09.